The Morgan fingerprint density at radius 3 is 2.38 bits per heavy atom. The molecular formula is C8H4ClF2NO2S2. The fourth-order valence-electron chi connectivity index (χ4n) is 1.06. The molecule has 86 valence electrons. The van der Waals surface area contributed by atoms with Crippen molar-refractivity contribution in [1.82, 2.24) is 0 Å². The van der Waals surface area contributed by atoms with E-state index in [1.807, 2.05) is 0 Å². The van der Waals surface area contributed by atoms with Crippen LogP contribution in [0.15, 0.2) is 21.9 Å². The molecule has 0 atom stereocenters. The van der Waals surface area contributed by atoms with Crippen LogP contribution in [0, 0.1) is 11.3 Å². The van der Waals surface area contributed by atoms with Gasteiger partial charge in [-0.3, -0.25) is 0 Å². The Kier molecular flexibility index (Phi) is 3.78. The number of alkyl halides is 2. The van der Waals surface area contributed by atoms with Crippen LogP contribution in [0.5, 0.6) is 0 Å². The van der Waals surface area contributed by atoms with E-state index in [4.69, 9.17) is 15.9 Å². The molecule has 0 aromatic heterocycles. The quantitative estimate of drug-likeness (QED) is 0.671. The first-order valence-corrected chi connectivity index (χ1v) is 6.53. The van der Waals surface area contributed by atoms with Gasteiger partial charge in [-0.2, -0.15) is 5.26 Å². The minimum atomic E-state index is -4.13. The number of halogens is 3. The van der Waals surface area contributed by atoms with Gasteiger partial charge in [0.25, 0.3) is 15.5 Å². The third-order valence-electron chi connectivity index (χ3n) is 1.75. The van der Waals surface area contributed by atoms with Gasteiger partial charge in [0, 0.05) is 21.1 Å². The van der Waals surface area contributed by atoms with Gasteiger partial charge < -0.3 is 0 Å². The second-order valence-electron chi connectivity index (χ2n) is 2.76. The van der Waals surface area contributed by atoms with Crippen molar-refractivity contribution in [3.05, 3.63) is 23.3 Å². The van der Waals surface area contributed by atoms with Gasteiger partial charge >= 0.3 is 0 Å². The van der Waals surface area contributed by atoms with E-state index in [1.165, 1.54) is 6.07 Å². The van der Waals surface area contributed by atoms with E-state index < -0.39 is 25.9 Å². The molecule has 0 heterocycles. The fourth-order valence-corrected chi connectivity index (χ4v) is 2.26. The monoisotopic (exact) mass is 283 g/mol. The van der Waals surface area contributed by atoms with Crippen LogP contribution in [0.25, 0.3) is 0 Å². The predicted octanol–water partition coefficient (Wildman–Crippen LogP) is 2.71. The summed E-state index contributed by atoms with van der Waals surface area (Å²) < 4.78 is 47.0. The molecule has 0 unspecified atom stereocenters. The van der Waals surface area contributed by atoms with Crippen LogP contribution in [-0.4, -0.2) is 8.42 Å². The highest BCUT2D eigenvalue weighted by molar-refractivity contribution is 8.13. The van der Waals surface area contributed by atoms with Gasteiger partial charge in [0.05, 0.1) is 10.5 Å². The average molecular weight is 284 g/mol. The minimum absolute atomic E-state index is 0.153. The van der Waals surface area contributed by atoms with Crippen LogP contribution >= 0.6 is 23.3 Å². The summed E-state index contributed by atoms with van der Waals surface area (Å²) in [6.45, 7) is 0. The maximum absolute atomic E-state index is 12.5. The van der Waals surface area contributed by atoms with Gasteiger partial charge in [0.1, 0.15) is 6.07 Å². The number of rotatable bonds is 2. The zero-order chi connectivity index (χ0) is 12.5. The van der Waals surface area contributed by atoms with E-state index in [-0.39, 0.29) is 10.5 Å². The Balaban J connectivity index is 3.61. The molecule has 0 N–H and O–H groups in total. The van der Waals surface area contributed by atoms with Crippen LogP contribution < -0.4 is 0 Å². The van der Waals surface area contributed by atoms with Crippen molar-refractivity contribution in [3.8, 4) is 6.07 Å². The van der Waals surface area contributed by atoms with Crippen molar-refractivity contribution in [1.29, 1.82) is 5.26 Å². The van der Waals surface area contributed by atoms with Gasteiger partial charge in [-0.25, -0.2) is 17.2 Å². The van der Waals surface area contributed by atoms with Crippen LogP contribution in [0.2, 0.25) is 0 Å². The van der Waals surface area contributed by atoms with E-state index in [0.29, 0.717) is 6.07 Å². The van der Waals surface area contributed by atoms with Crippen LogP contribution in [0.4, 0.5) is 8.78 Å². The Labute approximate surface area is 100 Å². The number of benzene rings is 1. The lowest BCUT2D eigenvalue weighted by Gasteiger charge is -2.07. The smallest absolute Gasteiger partial charge is 0.207 e. The SMILES string of the molecule is N#Cc1c(S)cc(S(=O)(=O)Cl)cc1C(F)F. The highest BCUT2D eigenvalue weighted by Crippen LogP contribution is 2.31. The molecule has 0 aliphatic heterocycles. The molecule has 0 radical (unpaired) electrons. The Morgan fingerprint density at radius 1 is 1.44 bits per heavy atom. The third kappa shape index (κ3) is 2.64. The summed E-state index contributed by atoms with van der Waals surface area (Å²) in [5.41, 5.74) is -1.06. The predicted molar refractivity (Wildman–Crippen MR) is 56.4 cm³/mol. The molecule has 0 bridgehead atoms. The Bertz CT molecular complexity index is 566. The van der Waals surface area contributed by atoms with Crippen molar-refractivity contribution in [2.24, 2.45) is 0 Å². The van der Waals surface area contributed by atoms with E-state index in [0.717, 1.165) is 6.07 Å². The highest BCUT2D eigenvalue weighted by atomic mass is 35.7. The summed E-state index contributed by atoms with van der Waals surface area (Å²) in [4.78, 5) is -0.659. The largest absolute Gasteiger partial charge is 0.265 e. The third-order valence-corrected chi connectivity index (χ3v) is 3.44. The number of hydrogen-bond donors (Lipinski definition) is 1. The fraction of sp³-hybridized carbons (Fsp3) is 0.125. The second-order valence-corrected chi connectivity index (χ2v) is 5.80. The summed E-state index contributed by atoms with van der Waals surface area (Å²) in [6.07, 6.45) is -2.97. The van der Waals surface area contributed by atoms with Gasteiger partial charge in [0.2, 0.25) is 0 Å². The van der Waals surface area contributed by atoms with Crippen LogP contribution in [-0.2, 0) is 9.05 Å². The lowest BCUT2D eigenvalue weighted by Crippen LogP contribution is -1.98. The molecule has 1 aromatic carbocycles. The number of nitrogens with zero attached hydrogens (tertiary/aromatic N) is 1. The van der Waals surface area contributed by atoms with E-state index in [1.54, 1.807) is 0 Å². The van der Waals surface area contributed by atoms with Crippen molar-refractivity contribution < 1.29 is 17.2 Å². The number of nitriles is 1. The molecule has 1 rings (SSSR count). The lowest BCUT2D eigenvalue weighted by atomic mass is 10.1. The van der Waals surface area contributed by atoms with Gasteiger partial charge in [-0.1, -0.05) is 0 Å². The summed E-state index contributed by atoms with van der Waals surface area (Å²) in [7, 11) is 0.887. The topological polar surface area (TPSA) is 57.9 Å². The summed E-state index contributed by atoms with van der Waals surface area (Å²) in [5, 5.41) is 8.63. The van der Waals surface area contributed by atoms with Crippen molar-refractivity contribution in [2.75, 3.05) is 0 Å². The molecule has 0 spiro atoms. The first-order chi connectivity index (χ1) is 7.27. The first kappa shape index (κ1) is 13.2. The molecule has 0 amide bonds. The zero-order valence-corrected chi connectivity index (χ0v) is 9.95. The van der Waals surface area contributed by atoms with Crippen LogP contribution in [0.1, 0.15) is 17.6 Å². The molecule has 0 saturated carbocycles. The second kappa shape index (κ2) is 4.57. The lowest BCUT2D eigenvalue weighted by molar-refractivity contribution is 0.150. The Morgan fingerprint density at radius 2 is 2.00 bits per heavy atom. The van der Waals surface area contributed by atoms with Gasteiger partial charge in [-0.15, -0.1) is 12.6 Å². The van der Waals surface area contributed by atoms with E-state index >= 15 is 0 Å². The maximum Gasteiger partial charge on any atom is 0.265 e. The average Bonchev–Trinajstić information content (AvgIpc) is 2.14. The number of thiol groups is 1. The summed E-state index contributed by atoms with van der Waals surface area (Å²) in [6, 6.07) is 3.16. The minimum Gasteiger partial charge on any atom is -0.207 e. The van der Waals surface area contributed by atoms with Crippen molar-refractivity contribution >= 4 is 32.4 Å². The van der Waals surface area contributed by atoms with E-state index in [2.05, 4.69) is 12.6 Å². The van der Waals surface area contributed by atoms with Crippen molar-refractivity contribution in [3.63, 3.8) is 0 Å². The molecule has 1 aromatic rings. The normalized spacial score (nSPS) is 11.5. The maximum atomic E-state index is 12.5. The summed E-state index contributed by atoms with van der Waals surface area (Å²) >= 11 is 3.76. The first-order valence-electron chi connectivity index (χ1n) is 3.77. The van der Waals surface area contributed by atoms with Crippen LogP contribution in [0.3, 0.4) is 0 Å². The van der Waals surface area contributed by atoms with E-state index in [9.17, 15) is 17.2 Å². The Hall–Kier alpha value is -0.840. The zero-order valence-electron chi connectivity index (χ0n) is 7.49. The van der Waals surface area contributed by atoms with Gasteiger partial charge in [-0.05, 0) is 12.1 Å². The highest BCUT2D eigenvalue weighted by Gasteiger charge is 2.21. The molecule has 0 aliphatic rings. The molecule has 3 nitrogen and oxygen atoms in total. The van der Waals surface area contributed by atoms with Crippen molar-refractivity contribution in [2.45, 2.75) is 16.2 Å². The standard InChI is InChI=1S/C8H4ClF2NO2S2/c9-16(13,14)4-1-5(8(10)11)6(3-12)7(15)2-4/h1-2,8,15H. The molecule has 0 fully saturated rings. The molecule has 0 aliphatic carbocycles. The van der Waals surface area contributed by atoms with Gasteiger partial charge in [0.15, 0.2) is 0 Å². The molecule has 8 heteroatoms. The molecule has 0 saturated heterocycles. The molecular weight excluding hydrogens is 280 g/mol. The number of hydrogen-bond acceptors (Lipinski definition) is 4. The summed E-state index contributed by atoms with van der Waals surface area (Å²) in [5.74, 6) is 0. The molecule has 16 heavy (non-hydrogen) atoms.